The maximum absolute atomic E-state index is 9.97. The smallest absolute Gasteiger partial charge is 0.0721 e. The van der Waals surface area contributed by atoms with Crippen LogP contribution in [-0.4, -0.2) is 22.4 Å². The number of hydrogen-bond acceptors (Lipinski definition) is 2. The van der Waals surface area contributed by atoms with Crippen LogP contribution >= 0.6 is 0 Å². The van der Waals surface area contributed by atoms with E-state index in [0.29, 0.717) is 5.92 Å². The molecule has 0 saturated heterocycles. The Morgan fingerprint density at radius 2 is 2.22 bits per heavy atom. The molecular formula is C16H28O2. The van der Waals surface area contributed by atoms with Gasteiger partial charge in [-0.25, -0.2) is 0 Å². The molecule has 0 amide bonds. The fourth-order valence-electron chi connectivity index (χ4n) is 3.93. The third-order valence-electron chi connectivity index (χ3n) is 4.93. The summed E-state index contributed by atoms with van der Waals surface area (Å²) in [6.07, 6.45) is 13.9. The third-order valence-corrected chi connectivity index (χ3v) is 4.93. The monoisotopic (exact) mass is 252 g/mol. The molecule has 2 aliphatic rings. The van der Waals surface area contributed by atoms with Gasteiger partial charge in [-0.3, -0.25) is 0 Å². The first-order valence-electron chi connectivity index (χ1n) is 7.72. The maximum atomic E-state index is 9.97. The maximum Gasteiger partial charge on any atom is 0.0721 e. The van der Waals surface area contributed by atoms with E-state index in [1.54, 1.807) is 0 Å². The number of fused-ring (bicyclic) bond motifs is 1. The molecule has 18 heavy (non-hydrogen) atoms. The fourth-order valence-corrected chi connectivity index (χ4v) is 3.93. The van der Waals surface area contributed by atoms with Crippen molar-refractivity contribution in [3.8, 4) is 0 Å². The Labute approximate surface area is 111 Å². The molecule has 3 unspecified atom stereocenters. The van der Waals surface area contributed by atoms with Crippen LogP contribution in [0.4, 0.5) is 0 Å². The number of hydrogen-bond donors (Lipinski definition) is 2. The van der Waals surface area contributed by atoms with Crippen molar-refractivity contribution in [3.05, 3.63) is 12.2 Å². The lowest BCUT2D eigenvalue weighted by atomic mass is 9.79. The highest BCUT2D eigenvalue weighted by Gasteiger charge is 2.47. The van der Waals surface area contributed by atoms with Crippen LogP contribution in [0.1, 0.15) is 64.7 Å². The second-order valence-electron chi connectivity index (χ2n) is 6.34. The molecule has 2 aliphatic carbocycles. The predicted octanol–water partition coefficient (Wildman–Crippen LogP) is 3.43. The van der Waals surface area contributed by atoms with Crippen molar-refractivity contribution in [2.75, 3.05) is 0 Å². The minimum Gasteiger partial charge on any atom is -0.393 e. The van der Waals surface area contributed by atoms with Crippen molar-refractivity contribution in [1.29, 1.82) is 0 Å². The Kier molecular flexibility index (Phi) is 4.85. The van der Waals surface area contributed by atoms with Crippen LogP contribution in [0.25, 0.3) is 0 Å². The Hall–Kier alpha value is -0.340. The van der Waals surface area contributed by atoms with Gasteiger partial charge in [0.05, 0.1) is 12.2 Å². The van der Waals surface area contributed by atoms with Crippen molar-refractivity contribution in [3.63, 3.8) is 0 Å². The summed E-state index contributed by atoms with van der Waals surface area (Å²) in [5.41, 5.74) is 0.213. The predicted molar refractivity (Wildman–Crippen MR) is 74.3 cm³/mol. The first kappa shape index (κ1) is 14.1. The Bertz CT molecular complexity index is 287. The SMILES string of the molecule is CCCCC[C@H](O)C=CC12CCCC1CC(O)C2. The molecule has 0 aromatic carbocycles. The Balaban J connectivity index is 1.87. The normalized spacial score (nSPS) is 37.3. The van der Waals surface area contributed by atoms with E-state index < -0.39 is 0 Å². The van der Waals surface area contributed by atoms with Crippen molar-refractivity contribution < 1.29 is 10.2 Å². The van der Waals surface area contributed by atoms with Gasteiger partial charge in [-0.15, -0.1) is 0 Å². The molecule has 0 aromatic heterocycles. The van der Waals surface area contributed by atoms with Crippen LogP contribution in [0, 0.1) is 11.3 Å². The average Bonchev–Trinajstić information content (AvgIpc) is 2.83. The van der Waals surface area contributed by atoms with E-state index in [1.165, 1.54) is 32.1 Å². The molecule has 0 heterocycles. The number of rotatable bonds is 6. The van der Waals surface area contributed by atoms with E-state index in [2.05, 4.69) is 13.0 Å². The largest absolute Gasteiger partial charge is 0.393 e. The van der Waals surface area contributed by atoms with Crippen molar-refractivity contribution in [2.45, 2.75) is 76.9 Å². The summed E-state index contributed by atoms with van der Waals surface area (Å²) < 4.78 is 0. The summed E-state index contributed by atoms with van der Waals surface area (Å²) in [6.45, 7) is 2.18. The van der Waals surface area contributed by atoms with Gasteiger partial charge in [0.2, 0.25) is 0 Å². The standard InChI is InChI=1S/C16H28O2/c1-2-3-4-7-14(17)8-10-16-9-5-6-13(16)11-15(18)12-16/h8,10,13-15,17-18H,2-7,9,11-12H2,1H3/t13?,14-,15?,16?/m0/s1. The van der Waals surface area contributed by atoms with Gasteiger partial charge in [0, 0.05) is 0 Å². The van der Waals surface area contributed by atoms with Gasteiger partial charge in [0.1, 0.15) is 0 Å². The van der Waals surface area contributed by atoms with Gasteiger partial charge in [-0.05, 0) is 43.4 Å². The van der Waals surface area contributed by atoms with E-state index in [-0.39, 0.29) is 17.6 Å². The zero-order valence-electron chi connectivity index (χ0n) is 11.6. The zero-order valence-corrected chi connectivity index (χ0v) is 11.6. The summed E-state index contributed by atoms with van der Waals surface area (Å²) in [7, 11) is 0. The minimum absolute atomic E-state index is 0.114. The van der Waals surface area contributed by atoms with Crippen molar-refractivity contribution in [1.82, 2.24) is 0 Å². The number of aliphatic hydroxyl groups excluding tert-OH is 2. The molecule has 4 atom stereocenters. The lowest BCUT2D eigenvalue weighted by molar-refractivity contribution is 0.165. The van der Waals surface area contributed by atoms with E-state index in [1.807, 2.05) is 6.08 Å². The highest BCUT2D eigenvalue weighted by atomic mass is 16.3. The van der Waals surface area contributed by atoms with E-state index in [0.717, 1.165) is 25.7 Å². The van der Waals surface area contributed by atoms with Gasteiger partial charge in [-0.1, -0.05) is 44.8 Å². The van der Waals surface area contributed by atoms with Gasteiger partial charge >= 0.3 is 0 Å². The van der Waals surface area contributed by atoms with Crippen LogP contribution in [0.3, 0.4) is 0 Å². The fraction of sp³-hybridized carbons (Fsp3) is 0.875. The number of unbranched alkanes of at least 4 members (excludes halogenated alkanes) is 2. The van der Waals surface area contributed by atoms with Crippen LogP contribution < -0.4 is 0 Å². The topological polar surface area (TPSA) is 40.5 Å². The molecule has 0 spiro atoms. The molecule has 0 radical (unpaired) electrons. The zero-order chi connectivity index (χ0) is 13.0. The number of aliphatic hydroxyl groups is 2. The van der Waals surface area contributed by atoms with Gasteiger partial charge in [0.25, 0.3) is 0 Å². The molecule has 2 rings (SSSR count). The Morgan fingerprint density at radius 1 is 1.39 bits per heavy atom. The molecule has 0 bridgehead atoms. The lowest BCUT2D eigenvalue weighted by Crippen LogP contribution is -2.18. The summed E-state index contributed by atoms with van der Waals surface area (Å²) in [5, 5.41) is 19.8. The summed E-state index contributed by atoms with van der Waals surface area (Å²) in [5.74, 6) is 0.659. The van der Waals surface area contributed by atoms with Crippen LogP contribution in [-0.2, 0) is 0 Å². The molecule has 2 fully saturated rings. The highest BCUT2D eigenvalue weighted by molar-refractivity contribution is 5.12. The van der Waals surface area contributed by atoms with Gasteiger partial charge < -0.3 is 10.2 Å². The van der Waals surface area contributed by atoms with Gasteiger partial charge in [-0.2, -0.15) is 0 Å². The van der Waals surface area contributed by atoms with E-state index in [4.69, 9.17) is 0 Å². The van der Waals surface area contributed by atoms with E-state index >= 15 is 0 Å². The van der Waals surface area contributed by atoms with Crippen LogP contribution in [0.2, 0.25) is 0 Å². The molecule has 0 aromatic rings. The average molecular weight is 252 g/mol. The quantitative estimate of drug-likeness (QED) is 0.561. The molecule has 104 valence electrons. The molecule has 2 N–H and O–H groups in total. The summed E-state index contributed by atoms with van der Waals surface area (Å²) >= 11 is 0. The Morgan fingerprint density at radius 3 is 3.00 bits per heavy atom. The second-order valence-corrected chi connectivity index (χ2v) is 6.34. The van der Waals surface area contributed by atoms with Crippen LogP contribution in [0.15, 0.2) is 12.2 Å². The lowest BCUT2D eigenvalue weighted by Gasteiger charge is -2.25. The van der Waals surface area contributed by atoms with Crippen molar-refractivity contribution in [2.24, 2.45) is 11.3 Å². The molecule has 0 aliphatic heterocycles. The van der Waals surface area contributed by atoms with Crippen molar-refractivity contribution >= 4 is 0 Å². The third kappa shape index (κ3) is 3.16. The molecular weight excluding hydrogens is 224 g/mol. The summed E-state index contributed by atoms with van der Waals surface area (Å²) in [6, 6.07) is 0. The minimum atomic E-state index is -0.287. The summed E-state index contributed by atoms with van der Waals surface area (Å²) in [4.78, 5) is 0. The first-order valence-corrected chi connectivity index (χ1v) is 7.72. The van der Waals surface area contributed by atoms with Crippen LogP contribution in [0.5, 0.6) is 0 Å². The first-order chi connectivity index (χ1) is 8.66. The number of allylic oxidation sites excluding steroid dienone is 1. The second kappa shape index (κ2) is 6.21. The van der Waals surface area contributed by atoms with E-state index in [9.17, 15) is 10.2 Å². The molecule has 2 heteroatoms. The van der Waals surface area contributed by atoms with Gasteiger partial charge in [0.15, 0.2) is 0 Å². The molecule has 2 saturated carbocycles. The molecule has 2 nitrogen and oxygen atoms in total. The highest BCUT2D eigenvalue weighted by Crippen LogP contribution is 2.55.